The van der Waals surface area contributed by atoms with E-state index >= 15 is 0 Å². The molecule has 1 aromatic carbocycles. The quantitative estimate of drug-likeness (QED) is 0.586. The normalized spacial score (nSPS) is 12.0. The van der Waals surface area contributed by atoms with Crippen LogP contribution in [0.5, 0.6) is 0 Å². The zero-order chi connectivity index (χ0) is 18.2. The first-order valence-electron chi connectivity index (χ1n) is 8.32. The van der Waals surface area contributed by atoms with Crippen molar-refractivity contribution >= 4 is 23.5 Å². The average Bonchev–Trinajstić information content (AvgIpc) is 2.51. The van der Waals surface area contributed by atoms with Crippen molar-refractivity contribution in [2.75, 3.05) is 26.7 Å². The van der Waals surface area contributed by atoms with Gasteiger partial charge in [-0.15, -0.1) is 0 Å². The van der Waals surface area contributed by atoms with Crippen molar-refractivity contribution in [2.45, 2.75) is 34.2 Å². The Morgan fingerprint density at radius 1 is 1.25 bits per heavy atom. The van der Waals surface area contributed by atoms with Crippen molar-refractivity contribution in [1.82, 2.24) is 15.5 Å². The molecule has 0 radical (unpaired) electrons. The predicted molar refractivity (Wildman–Crippen MR) is 101 cm³/mol. The van der Waals surface area contributed by atoms with Crippen LogP contribution in [0.4, 0.5) is 0 Å². The molecule has 0 aromatic heterocycles. The van der Waals surface area contributed by atoms with Gasteiger partial charge in [0.15, 0.2) is 5.96 Å². The van der Waals surface area contributed by atoms with Gasteiger partial charge in [0.05, 0.1) is 12.0 Å². The molecule has 0 atom stereocenters. The van der Waals surface area contributed by atoms with Crippen LogP contribution in [0, 0.1) is 5.41 Å². The molecule has 1 aromatic rings. The lowest BCUT2D eigenvalue weighted by Crippen LogP contribution is -2.42. The zero-order valence-corrected chi connectivity index (χ0v) is 16.1. The lowest BCUT2D eigenvalue weighted by Gasteiger charge is -2.25. The van der Waals surface area contributed by atoms with Gasteiger partial charge in [0, 0.05) is 31.7 Å². The minimum atomic E-state index is -0.548. The second-order valence-electron chi connectivity index (χ2n) is 6.40. The molecule has 5 nitrogen and oxygen atoms in total. The maximum Gasteiger partial charge on any atom is 0.227 e. The summed E-state index contributed by atoms with van der Waals surface area (Å²) in [7, 11) is 1.97. The number of nitrogens with zero attached hydrogens (tertiary/aromatic N) is 2. The second-order valence-corrected chi connectivity index (χ2v) is 6.84. The van der Waals surface area contributed by atoms with Gasteiger partial charge in [-0.05, 0) is 45.4 Å². The van der Waals surface area contributed by atoms with E-state index in [1.165, 1.54) is 0 Å². The number of aliphatic imine (C=N–C) groups is 1. The molecule has 0 fully saturated rings. The first kappa shape index (κ1) is 20.3. The molecule has 0 bridgehead atoms. The van der Waals surface area contributed by atoms with Crippen LogP contribution in [0.15, 0.2) is 29.3 Å². The standard InChI is InChI=1S/C18H29ClN4O/c1-6-20-16(24)18(3,4)13-22-17(21-7-2)23(5)12-14-9-8-10-15(19)11-14/h8-11H,6-7,12-13H2,1-5H3,(H,20,24)(H,21,22). The van der Waals surface area contributed by atoms with Gasteiger partial charge >= 0.3 is 0 Å². The molecule has 0 saturated carbocycles. The number of hydrogen-bond donors (Lipinski definition) is 2. The highest BCUT2D eigenvalue weighted by Crippen LogP contribution is 2.16. The maximum atomic E-state index is 12.1. The number of hydrogen-bond acceptors (Lipinski definition) is 2. The van der Waals surface area contributed by atoms with E-state index in [0.717, 1.165) is 23.1 Å². The summed E-state index contributed by atoms with van der Waals surface area (Å²) in [5.41, 5.74) is 0.562. The smallest absolute Gasteiger partial charge is 0.227 e. The third-order valence-electron chi connectivity index (χ3n) is 3.58. The third-order valence-corrected chi connectivity index (χ3v) is 3.82. The van der Waals surface area contributed by atoms with Crippen molar-refractivity contribution in [3.8, 4) is 0 Å². The molecule has 0 spiro atoms. The second kappa shape index (κ2) is 9.52. The average molecular weight is 353 g/mol. The summed E-state index contributed by atoms with van der Waals surface area (Å²) in [6.45, 7) is 10.2. The van der Waals surface area contributed by atoms with Gasteiger partial charge in [0.1, 0.15) is 0 Å². The predicted octanol–water partition coefficient (Wildman–Crippen LogP) is 2.90. The van der Waals surface area contributed by atoms with Crippen LogP contribution in [-0.4, -0.2) is 43.4 Å². The highest BCUT2D eigenvalue weighted by molar-refractivity contribution is 6.30. The zero-order valence-electron chi connectivity index (χ0n) is 15.3. The van der Waals surface area contributed by atoms with E-state index in [2.05, 4.69) is 15.6 Å². The third kappa shape index (κ3) is 6.40. The number of benzene rings is 1. The molecule has 0 saturated heterocycles. The van der Waals surface area contributed by atoms with Crippen molar-refractivity contribution in [1.29, 1.82) is 0 Å². The molecule has 2 N–H and O–H groups in total. The molecule has 134 valence electrons. The summed E-state index contributed by atoms with van der Waals surface area (Å²) < 4.78 is 0. The molecule has 0 aliphatic carbocycles. The van der Waals surface area contributed by atoms with Crippen molar-refractivity contribution in [3.05, 3.63) is 34.9 Å². The summed E-state index contributed by atoms with van der Waals surface area (Å²) in [6.07, 6.45) is 0. The summed E-state index contributed by atoms with van der Waals surface area (Å²) in [5.74, 6) is 0.789. The summed E-state index contributed by atoms with van der Waals surface area (Å²) in [6, 6.07) is 7.78. The molecule has 1 amide bonds. The van der Waals surface area contributed by atoms with Crippen LogP contribution in [-0.2, 0) is 11.3 Å². The lowest BCUT2D eigenvalue weighted by atomic mass is 9.92. The number of guanidine groups is 1. The fraction of sp³-hybridized carbons (Fsp3) is 0.556. The lowest BCUT2D eigenvalue weighted by molar-refractivity contribution is -0.128. The fourth-order valence-corrected chi connectivity index (χ4v) is 2.41. The van der Waals surface area contributed by atoms with E-state index in [1.54, 1.807) is 0 Å². The van der Waals surface area contributed by atoms with E-state index in [-0.39, 0.29) is 5.91 Å². The number of amides is 1. The maximum absolute atomic E-state index is 12.1. The molecule has 0 aliphatic rings. The molecule has 6 heteroatoms. The largest absolute Gasteiger partial charge is 0.357 e. The van der Waals surface area contributed by atoms with Gasteiger partial charge in [-0.25, -0.2) is 0 Å². The van der Waals surface area contributed by atoms with E-state index in [4.69, 9.17) is 11.6 Å². The molecule has 0 heterocycles. The van der Waals surface area contributed by atoms with Gasteiger partial charge in [-0.2, -0.15) is 0 Å². The fourth-order valence-electron chi connectivity index (χ4n) is 2.20. The Hall–Kier alpha value is -1.75. The Labute approximate surface area is 150 Å². The van der Waals surface area contributed by atoms with Gasteiger partial charge in [0.2, 0.25) is 5.91 Å². The summed E-state index contributed by atoms with van der Waals surface area (Å²) >= 11 is 6.05. The van der Waals surface area contributed by atoms with Crippen LogP contribution in [0.2, 0.25) is 5.02 Å². The SMILES string of the molecule is CCNC(=O)C(C)(C)CN=C(NCC)N(C)Cc1cccc(Cl)c1. The molecule has 24 heavy (non-hydrogen) atoms. The first-order valence-corrected chi connectivity index (χ1v) is 8.70. The molecule has 0 aliphatic heterocycles. The number of nitrogens with one attached hydrogen (secondary N) is 2. The number of carbonyl (C=O) groups is 1. The van der Waals surface area contributed by atoms with Crippen molar-refractivity contribution in [2.24, 2.45) is 10.4 Å². The van der Waals surface area contributed by atoms with Gasteiger partial charge in [0.25, 0.3) is 0 Å². The van der Waals surface area contributed by atoms with Crippen LogP contribution in [0.1, 0.15) is 33.3 Å². The number of rotatable bonds is 7. The van der Waals surface area contributed by atoms with Crippen LogP contribution >= 0.6 is 11.6 Å². The minimum absolute atomic E-state index is 0.0158. The summed E-state index contributed by atoms with van der Waals surface area (Å²) in [4.78, 5) is 18.8. The molecule has 1 rings (SSSR count). The van der Waals surface area contributed by atoms with E-state index < -0.39 is 5.41 Å². The van der Waals surface area contributed by atoms with E-state index in [1.807, 2.05) is 63.9 Å². The monoisotopic (exact) mass is 352 g/mol. The number of carbonyl (C=O) groups excluding carboxylic acids is 1. The highest BCUT2D eigenvalue weighted by Gasteiger charge is 2.27. The summed E-state index contributed by atoms with van der Waals surface area (Å²) in [5, 5.41) is 6.85. The topological polar surface area (TPSA) is 56.7 Å². The van der Waals surface area contributed by atoms with Gasteiger partial charge in [-0.3, -0.25) is 9.79 Å². The van der Waals surface area contributed by atoms with Crippen molar-refractivity contribution in [3.63, 3.8) is 0 Å². The Balaban J connectivity index is 2.82. The molecular weight excluding hydrogens is 324 g/mol. The van der Waals surface area contributed by atoms with Crippen LogP contribution in [0.3, 0.4) is 0 Å². The Kier molecular flexibility index (Phi) is 8.05. The van der Waals surface area contributed by atoms with Crippen LogP contribution in [0.25, 0.3) is 0 Å². The number of halogens is 1. The van der Waals surface area contributed by atoms with Gasteiger partial charge in [-0.1, -0.05) is 23.7 Å². The molecular formula is C18H29ClN4O. The van der Waals surface area contributed by atoms with Crippen LogP contribution < -0.4 is 10.6 Å². The minimum Gasteiger partial charge on any atom is -0.357 e. The van der Waals surface area contributed by atoms with E-state index in [9.17, 15) is 4.79 Å². The molecule has 0 unspecified atom stereocenters. The van der Waals surface area contributed by atoms with Gasteiger partial charge < -0.3 is 15.5 Å². The highest BCUT2D eigenvalue weighted by atomic mass is 35.5. The van der Waals surface area contributed by atoms with E-state index in [0.29, 0.717) is 19.6 Å². The Bertz CT molecular complexity index is 572. The Morgan fingerprint density at radius 3 is 2.50 bits per heavy atom. The first-order chi connectivity index (χ1) is 11.3. The Morgan fingerprint density at radius 2 is 1.92 bits per heavy atom. The van der Waals surface area contributed by atoms with Crippen molar-refractivity contribution < 1.29 is 4.79 Å².